The van der Waals surface area contributed by atoms with Crippen LogP contribution in [0.25, 0.3) is 0 Å². The SMILES string of the molecule is CC(C)(C)c1csc(CCC(C(=O)O)c2ccccc2)n1. The predicted molar refractivity (Wildman–Crippen MR) is 86.0 cm³/mol. The van der Waals surface area contributed by atoms with Crippen LogP contribution >= 0.6 is 11.3 Å². The molecular weight excluding hydrogens is 282 g/mol. The molecule has 0 saturated carbocycles. The van der Waals surface area contributed by atoms with Crippen molar-refractivity contribution in [1.29, 1.82) is 0 Å². The van der Waals surface area contributed by atoms with Gasteiger partial charge in [0, 0.05) is 17.2 Å². The lowest BCUT2D eigenvalue weighted by atomic mass is 9.93. The van der Waals surface area contributed by atoms with Crippen LogP contribution in [0.3, 0.4) is 0 Å². The Morgan fingerprint density at radius 2 is 1.95 bits per heavy atom. The van der Waals surface area contributed by atoms with Gasteiger partial charge >= 0.3 is 5.97 Å². The molecule has 0 saturated heterocycles. The molecule has 0 radical (unpaired) electrons. The number of aromatic nitrogens is 1. The Bertz CT molecular complexity index is 599. The molecule has 112 valence electrons. The van der Waals surface area contributed by atoms with Crippen molar-refractivity contribution >= 4 is 17.3 Å². The summed E-state index contributed by atoms with van der Waals surface area (Å²) in [5.41, 5.74) is 1.98. The van der Waals surface area contributed by atoms with E-state index in [1.807, 2.05) is 30.3 Å². The number of carboxylic acids is 1. The van der Waals surface area contributed by atoms with E-state index in [1.54, 1.807) is 11.3 Å². The van der Waals surface area contributed by atoms with Gasteiger partial charge in [0.1, 0.15) is 0 Å². The molecule has 21 heavy (non-hydrogen) atoms. The third kappa shape index (κ3) is 4.14. The number of hydrogen-bond donors (Lipinski definition) is 1. The summed E-state index contributed by atoms with van der Waals surface area (Å²) >= 11 is 1.62. The van der Waals surface area contributed by atoms with E-state index < -0.39 is 11.9 Å². The summed E-state index contributed by atoms with van der Waals surface area (Å²) in [6.07, 6.45) is 1.28. The van der Waals surface area contributed by atoms with Crippen LogP contribution in [0.5, 0.6) is 0 Å². The minimum Gasteiger partial charge on any atom is -0.481 e. The van der Waals surface area contributed by atoms with Crippen molar-refractivity contribution in [1.82, 2.24) is 4.98 Å². The zero-order valence-corrected chi connectivity index (χ0v) is 13.5. The maximum Gasteiger partial charge on any atom is 0.310 e. The first kappa shape index (κ1) is 15.7. The monoisotopic (exact) mass is 303 g/mol. The lowest BCUT2D eigenvalue weighted by Gasteiger charge is -2.14. The second-order valence-corrected chi connectivity index (χ2v) is 7.16. The first-order valence-electron chi connectivity index (χ1n) is 7.10. The number of carbonyl (C=O) groups is 1. The van der Waals surface area contributed by atoms with E-state index in [-0.39, 0.29) is 5.41 Å². The molecule has 3 nitrogen and oxygen atoms in total. The van der Waals surface area contributed by atoms with Crippen molar-refractivity contribution in [3.05, 3.63) is 52.0 Å². The summed E-state index contributed by atoms with van der Waals surface area (Å²) in [5, 5.41) is 12.5. The summed E-state index contributed by atoms with van der Waals surface area (Å²) < 4.78 is 0. The van der Waals surface area contributed by atoms with Crippen LogP contribution in [0.2, 0.25) is 0 Å². The summed E-state index contributed by atoms with van der Waals surface area (Å²) in [7, 11) is 0. The fourth-order valence-electron chi connectivity index (χ4n) is 2.16. The van der Waals surface area contributed by atoms with Gasteiger partial charge in [-0.05, 0) is 12.0 Å². The average Bonchev–Trinajstić information content (AvgIpc) is 2.88. The Balaban J connectivity index is 2.06. The Morgan fingerprint density at radius 3 is 2.48 bits per heavy atom. The van der Waals surface area contributed by atoms with E-state index >= 15 is 0 Å². The minimum absolute atomic E-state index is 0.0420. The summed E-state index contributed by atoms with van der Waals surface area (Å²) in [6, 6.07) is 9.42. The molecule has 1 aromatic carbocycles. The van der Waals surface area contributed by atoms with E-state index in [0.29, 0.717) is 12.8 Å². The van der Waals surface area contributed by atoms with Gasteiger partial charge in [0.25, 0.3) is 0 Å². The van der Waals surface area contributed by atoms with Gasteiger partial charge in [-0.2, -0.15) is 0 Å². The van der Waals surface area contributed by atoms with E-state index in [9.17, 15) is 9.90 Å². The summed E-state index contributed by atoms with van der Waals surface area (Å²) in [5.74, 6) is -1.23. The third-order valence-electron chi connectivity index (χ3n) is 3.47. The highest BCUT2D eigenvalue weighted by Gasteiger charge is 2.21. The molecule has 1 N–H and O–H groups in total. The quantitative estimate of drug-likeness (QED) is 0.898. The molecular formula is C17H21NO2S. The highest BCUT2D eigenvalue weighted by Crippen LogP contribution is 2.27. The molecule has 0 aliphatic rings. The topological polar surface area (TPSA) is 50.2 Å². The molecule has 1 aromatic heterocycles. The number of aryl methyl sites for hydroxylation is 1. The Labute approximate surface area is 129 Å². The lowest BCUT2D eigenvalue weighted by Crippen LogP contribution is -2.13. The Hall–Kier alpha value is -1.68. The van der Waals surface area contributed by atoms with Crippen molar-refractivity contribution in [2.45, 2.75) is 44.9 Å². The number of carboxylic acid groups (broad SMARTS) is 1. The zero-order chi connectivity index (χ0) is 15.5. The van der Waals surface area contributed by atoms with Crippen molar-refractivity contribution in [3.8, 4) is 0 Å². The number of rotatable bonds is 5. The van der Waals surface area contributed by atoms with Crippen LogP contribution in [-0.2, 0) is 16.6 Å². The molecule has 4 heteroatoms. The Morgan fingerprint density at radius 1 is 1.29 bits per heavy atom. The van der Waals surface area contributed by atoms with Gasteiger partial charge in [0.05, 0.1) is 16.6 Å². The fraction of sp³-hybridized carbons (Fsp3) is 0.412. The maximum atomic E-state index is 11.5. The van der Waals surface area contributed by atoms with Gasteiger partial charge in [-0.15, -0.1) is 11.3 Å². The van der Waals surface area contributed by atoms with E-state index in [0.717, 1.165) is 16.3 Å². The van der Waals surface area contributed by atoms with Crippen molar-refractivity contribution in [2.24, 2.45) is 0 Å². The molecule has 1 heterocycles. The first-order valence-corrected chi connectivity index (χ1v) is 7.98. The molecule has 1 atom stereocenters. The zero-order valence-electron chi connectivity index (χ0n) is 12.7. The van der Waals surface area contributed by atoms with E-state index in [4.69, 9.17) is 0 Å². The summed E-state index contributed by atoms with van der Waals surface area (Å²) in [4.78, 5) is 16.1. The lowest BCUT2D eigenvalue weighted by molar-refractivity contribution is -0.138. The predicted octanol–water partition coefficient (Wildman–Crippen LogP) is 4.24. The Kier molecular flexibility index (Phi) is 4.78. The van der Waals surface area contributed by atoms with Gasteiger partial charge in [0.2, 0.25) is 0 Å². The molecule has 2 rings (SSSR count). The van der Waals surface area contributed by atoms with Crippen LogP contribution in [0, 0.1) is 0 Å². The molecule has 2 aromatic rings. The van der Waals surface area contributed by atoms with Crippen LogP contribution in [0.15, 0.2) is 35.7 Å². The van der Waals surface area contributed by atoms with Crippen molar-refractivity contribution in [2.75, 3.05) is 0 Å². The number of nitrogens with zero attached hydrogens (tertiary/aromatic N) is 1. The van der Waals surface area contributed by atoms with Crippen LogP contribution < -0.4 is 0 Å². The van der Waals surface area contributed by atoms with Gasteiger partial charge in [-0.25, -0.2) is 4.98 Å². The number of benzene rings is 1. The van der Waals surface area contributed by atoms with Gasteiger partial charge in [-0.3, -0.25) is 4.79 Å². The second-order valence-electron chi connectivity index (χ2n) is 6.22. The highest BCUT2D eigenvalue weighted by atomic mass is 32.1. The second kappa shape index (κ2) is 6.39. The normalized spacial score (nSPS) is 13.1. The largest absolute Gasteiger partial charge is 0.481 e. The first-order chi connectivity index (χ1) is 9.88. The molecule has 0 aliphatic carbocycles. The van der Waals surface area contributed by atoms with Gasteiger partial charge in [-0.1, -0.05) is 51.1 Å². The van der Waals surface area contributed by atoms with Gasteiger partial charge < -0.3 is 5.11 Å². The van der Waals surface area contributed by atoms with Crippen LogP contribution in [0.1, 0.15) is 49.4 Å². The van der Waals surface area contributed by atoms with Gasteiger partial charge in [0.15, 0.2) is 0 Å². The molecule has 0 fully saturated rings. The van der Waals surface area contributed by atoms with Crippen molar-refractivity contribution in [3.63, 3.8) is 0 Å². The molecule has 1 unspecified atom stereocenters. The summed E-state index contributed by atoms with van der Waals surface area (Å²) in [6.45, 7) is 6.40. The minimum atomic E-state index is -0.770. The molecule has 0 spiro atoms. The number of hydrogen-bond acceptors (Lipinski definition) is 3. The standard InChI is InChI=1S/C17H21NO2S/c1-17(2,3)14-11-21-15(18-14)10-9-13(16(19)20)12-7-5-4-6-8-12/h4-8,11,13H,9-10H2,1-3H3,(H,19,20). The number of thiazole rings is 1. The van der Waals surface area contributed by atoms with Crippen LogP contribution in [0.4, 0.5) is 0 Å². The third-order valence-corrected chi connectivity index (χ3v) is 4.38. The number of aliphatic carboxylic acids is 1. The van der Waals surface area contributed by atoms with Crippen LogP contribution in [-0.4, -0.2) is 16.1 Å². The smallest absolute Gasteiger partial charge is 0.310 e. The van der Waals surface area contributed by atoms with E-state index in [2.05, 4.69) is 31.1 Å². The molecule has 0 bridgehead atoms. The average molecular weight is 303 g/mol. The van der Waals surface area contributed by atoms with Crippen molar-refractivity contribution < 1.29 is 9.90 Å². The molecule has 0 amide bonds. The van der Waals surface area contributed by atoms with E-state index in [1.165, 1.54) is 0 Å². The molecule has 0 aliphatic heterocycles. The fourth-order valence-corrected chi connectivity index (χ4v) is 3.20. The maximum absolute atomic E-state index is 11.5. The highest BCUT2D eigenvalue weighted by molar-refractivity contribution is 7.09.